The second-order valence-corrected chi connectivity index (χ2v) is 21.8. The molecular formula is C58H47NO. The SMILES string of the molecule is CCCCCCCCCCCC1N(c2ccc(O)cc2)CC2C3CC4=c5c6c7c8c(c9c%10c(cc%11cc%12c%13c%14c%15c%16c(cc(c5c%16c7c%15c5c%13c%11c%10c85)C4)=CC%14C%12)CC921)C63. The lowest BCUT2D eigenvalue weighted by atomic mass is 9.52. The summed E-state index contributed by atoms with van der Waals surface area (Å²) in [7, 11) is 0. The van der Waals surface area contributed by atoms with Crippen LogP contribution in [0.15, 0.2) is 42.5 Å². The van der Waals surface area contributed by atoms with E-state index in [4.69, 9.17) is 0 Å². The Hall–Kier alpha value is -5.08. The molecule has 0 aromatic heterocycles. The minimum absolute atomic E-state index is 0.0951. The number of fused-ring (bicyclic) bond motifs is 1. The Morgan fingerprint density at radius 1 is 0.633 bits per heavy atom. The fraction of sp³-hybridized carbons (Fsp3) is 0.379. The number of rotatable bonds is 11. The van der Waals surface area contributed by atoms with E-state index >= 15 is 0 Å². The highest BCUT2D eigenvalue weighted by Gasteiger charge is 2.66. The lowest BCUT2D eigenvalue weighted by Crippen LogP contribution is -2.51. The number of unbranched alkanes of at least 4 members (excludes halogenated alkanes) is 8. The molecule has 0 saturated carbocycles. The van der Waals surface area contributed by atoms with Crippen molar-refractivity contribution in [2.45, 2.75) is 120 Å². The van der Waals surface area contributed by atoms with E-state index in [-0.39, 0.29) is 5.41 Å². The number of hydrogen-bond acceptors (Lipinski definition) is 2. The lowest BCUT2D eigenvalue weighted by Gasteiger charge is -2.50. The van der Waals surface area contributed by atoms with Crippen LogP contribution in [-0.2, 0) is 24.7 Å². The van der Waals surface area contributed by atoms with Crippen molar-refractivity contribution in [2.75, 3.05) is 11.4 Å². The second kappa shape index (κ2) is 9.52. The average molecular weight is 774 g/mol. The van der Waals surface area contributed by atoms with Crippen LogP contribution in [0.25, 0.3) is 97.8 Å². The van der Waals surface area contributed by atoms with Gasteiger partial charge in [0.25, 0.3) is 0 Å². The molecule has 1 saturated heterocycles. The Morgan fingerprint density at radius 3 is 2.17 bits per heavy atom. The summed E-state index contributed by atoms with van der Waals surface area (Å²) in [6.45, 7) is 3.46. The van der Waals surface area contributed by atoms with Gasteiger partial charge in [0, 0.05) is 35.5 Å². The summed E-state index contributed by atoms with van der Waals surface area (Å²) in [4.78, 5) is 2.92. The van der Waals surface area contributed by atoms with Gasteiger partial charge in [0.05, 0.1) is 0 Å². The summed E-state index contributed by atoms with van der Waals surface area (Å²) >= 11 is 0. The first kappa shape index (κ1) is 30.9. The maximum absolute atomic E-state index is 10.6. The van der Waals surface area contributed by atoms with E-state index in [0.717, 1.165) is 19.4 Å². The van der Waals surface area contributed by atoms with Gasteiger partial charge in [-0.05, 0) is 204 Å². The average Bonchev–Trinajstić information content (AvgIpc) is 4.11. The van der Waals surface area contributed by atoms with Crippen LogP contribution in [0.1, 0.15) is 128 Å². The van der Waals surface area contributed by atoms with Gasteiger partial charge in [0.15, 0.2) is 0 Å². The van der Waals surface area contributed by atoms with Gasteiger partial charge in [0.2, 0.25) is 0 Å². The summed E-state index contributed by atoms with van der Waals surface area (Å²) in [5.41, 5.74) is 15.3. The molecule has 0 radical (unpaired) electrons. The molecule has 2 heteroatoms. The van der Waals surface area contributed by atoms with Crippen molar-refractivity contribution in [1.82, 2.24) is 0 Å². The number of nitrogens with zero attached hydrogens (tertiary/aromatic N) is 1. The smallest absolute Gasteiger partial charge is 0.115 e. The molecule has 6 unspecified atom stereocenters. The monoisotopic (exact) mass is 773 g/mol. The van der Waals surface area contributed by atoms with Gasteiger partial charge in [-0.3, -0.25) is 0 Å². The van der Waals surface area contributed by atoms with Gasteiger partial charge in [0.1, 0.15) is 5.75 Å². The topological polar surface area (TPSA) is 23.5 Å². The maximum atomic E-state index is 10.6. The Labute approximate surface area is 348 Å². The molecule has 18 rings (SSSR count). The van der Waals surface area contributed by atoms with Crippen LogP contribution in [0.5, 0.6) is 5.75 Å². The molecule has 1 fully saturated rings. The minimum Gasteiger partial charge on any atom is -0.508 e. The zero-order valence-corrected chi connectivity index (χ0v) is 34.5. The molecule has 0 amide bonds. The van der Waals surface area contributed by atoms with Crippen LogP contribution in [0.2, 0.25) is 0 Å². The molecule has 1 N–H and O–H groups in total. The van der Waals surface area contributed by atoms with Crippen molar-refractivity contribution in [3.05, 3.63) is 91.8 Å². The van der Waals surface area contributed by atoms with Crippen molar-refractivity contribution in [1.29, 1.82) is 0 Å². The zero-order valence-electron chi connectivity index (χ0n) is 34.5. The maximum Gasteiger partial charge on any atom is 0.115 e. The number of hydrogen-bond donors (Lipinski definition) is 1. The number of phenolic OH excluding ortho intramolecular Hbond substituents is 1. The molecule has 1 aliphatic heterocycles. The summed E-state index contributed by atoms with van der Waals surface area (Å²) in [5.74, 6) is 2.61. The van der Waals surface area contributed by atoms with E-state index in [0.29, 0.717) is 35.5 Å². The van der Waals surface area contributed by atoms with Gasteiger partial charge in [-0.25, -0.2) is 0 Å². The fourth-order valence-corrected chi connectivity index (χ4v) is 18.2. The van der Waals surface area contributed by atoms with Gasteiger partial charge in [-0.15, -0.1) is 0 Å². The normalized spacial score (nSPS) is 26.8. The van der Waals surface area contributed by atoms with Crippen LogP contribution in [-0.4, -0.2) is 17.7 Å². The molecule has 10 aromatic carbocycles. The number of phenols is 1. The highest BCUT2D eigenvalue weighted by molar-refractivity contribution is 6.57. The zero-order chi connectivity index (χ0) is 38.4. The molecule has 7 aliphatic carbocycles. The Balaban J connectivity index is 0.965. The van der Waals surface area contributed by atoms with Gasteiger partial charge in [-0.1, -0.05) is 94.6 Å². The quantitative estimate of drug-likeness (QED) is 0.105. The molecule has 1 spiro atoms. The van der Waals surface area contributed by atoms with Crippen molar-refractivity contribution in [2.24, 2.45) is 11.8 Å². The lowest BCUT2D eigenvalue weighted by molar-refractivity contribution is 0.175. The number of anilines is 1. The van der Waals surface area contributed by atoms with E-state index in [1.807, 2.05) is 23.3 Å². The van der Waals surface area contributed by atoms with E-state index < -0.39 is 0 Å². The highest BCUT2D eigenvalue weighted by atomic mass is 16.3. The number of aromatic hydroxyl groups is 1. The predicted octanol–water partition coefficient (Wildman–Crippen LogP) is 12.6. The second-order valence-electron chi connectivity index (χ2n) is 21.8. The van der Waals surface area contributed by atoms with Crippen LogP contribution >= 0.6 is 0 Å². The minimum atomic E-state index is 0.0951. The third-order valence-electron chi connectivity index (χ3n) is 19.6. The molecule has 8 aliphatic rings. The van der Waals surface area contributed by atoms with Gasteiger partial charge >= 0.3 is 0 Å². The van der Waals surface area contributed by atoms with Crippen LogP contribution in [0, 0.1) is 11.8 Å². The Morgan fingerprint density at radius 2 is 1.33 bits per heavy atom. The summed E-state index contributed by atoms with van der Waals surface area (Å²) in [5, 5.41) is 40.6. The van der Waals surface area contributed by atoms with Crippen LogP contribution in [0.4, 0.5) is 5.69 Å². The van der Waals surface area contributed by atoms with E-state index in [1.54, 1.807) is 125 Å². The highest BCUT2D eigenvalue weighted by Crippen LogP contribution is 2.74. The molecule has 60 heavy (non-hydrogen) atoms. The predicted molar refractivity (Wildman–Crippen MR) is 250 cm³/mol. The van der Waals surface area contributed by atoms with E-state index in [9.17, 15) is 5.11 Å². The number of benzene rings is 8. The fourth-order valence-electron chi connectivity index (χ4n) is 18.2. The van der Waals surface area contributed by atoms with Crippen molar-refractivity contribution in [3.8, 4) is 5.75 Å². The summed E-state index contributed by atoms with van der Waals surface area (Å²) < 4.78 is 0. The van der Waals surface area contributed by atoms with Crippen molar-refractivity contribution < 1.29 is 5.11 Å². The van der Waals surface area contributed by atoms with Crippen LogP contribution in [0.3, 0.4) is 0 Å². The molecule has 6 atom stereocenters. The molecule has 0 bridgehead atoms. The molecule has 10 aromatic rings. The molecular weight excluding hydrogens is 727 g/mol. The molecule has 290 valence electrons. The Kier molecular flexibility index (Phi) is 4.90. The van der Waals surface area contributed by atoms with Crippen LogP contribution < -0.4 is 15.3 Å². The standard InChI is InChI=1S/C58H47NO/c1-2-3-4-5-6-7-8-9-10-11-36-58-23-31-21-29-19-26-16-25-17-28-18-27-20-30-22-34(35(58)24-59(36)32-12-14-33(60)15-13-32)44-49-40(30)39(27)46-41(28)45-37(25)38(26)47-42(29)48-43(31)57(58)56(44)55-53(48)51(47)50(45)52(46)54(49)55/h12-15,17-19,21,25,34-36,44,60H,2-11,16,20,22-24H2,1H3. The Bertz CT molecular complexity index is 3810. The van der Waals surface area contributed by atoms with Gasteiger partial charge in [-0.2, -0.15) is 0 Å². The first-order chi connectivity index (χ1) is 29.7. The third kappa shape index (κ3) is 2.87. The van der Waals surface area contributed by atoms with E-state index in [2.05, 4.69) is 48.2 Å². The third-order valence-corrected chi connectivity index (χ3v) is 19.6. The molecule has 1 heterocycles. The van der Waals surface area contributed by atoms with Gasteiger partial charge < -0.3 is 10.0 Å². The first-order valence-corrected chi connectivity index (χ1v) is 24.3. The molecule has 2 nitrogen and oxygen atoms in total. The van der Waals surface area contributed by atoms with Crippen molar-refractivity contribution >= 4 is 104 Å². The van der Waals surface area contributed by atoms with Crippen molar-refractivity contribution in [3.63, 3.8) is 0 Å². The first-order valence-electron chi connectivity index (χ1n) is 24.3. The largest absolute Gasteiger partial charge is 0.508 e. The van der Waals surface area contributed by atoms with E-state index in [1.165, 1.54) is 88.1 Å². The summed E-state index contributed by atoms with van der Waals surface area (Å²) in [6.07, 6.45) is 21.1. The summed E-state index contributed by atoms with van der Waals surface area (Å²) in [6, 6.07) is 17.0.